The quantitative estimate of drug-likeness (QED) is 0.635. The molecule has 0 N–H and O–H groups in total. The van der Waals surface area contributed by atoms with Crippen molar-refractivity contribution in [2.45, 2.75) is 32.7 Å². The van der Waals surface area contributed by atoms with Gasteiger partial charge in [-0.1, -0.05) is 63.2 Å². The summed E-state index contributed by atoms with van der Waals surface area (Å²) in [4.78, 5) is 11.2. The van der Waals surface area contributed by atoms with E-state index in [1.165, 1.54) is 11.1 Å². The van der Waals surface area contributed by atoms with Gasteiger partial charge in [0.1, 0.15) is 0 Å². The highest BCUT2D eigenvalue weighted by Crippen LogP contribution is 2.24. The van der Waals surface area contributed by atoms with Crippen molar-refractivity contribution in [2.75, 3.05) is 0 Å². The Labute approximate surface area is 131 Å². The van der Waals surface area contributed by atoms with E-state index in [2.05, 4.69) is 55.7 Å². The molecule has 0 fully saturated rings. The summed E-state index contributed by atoms with van der Waals surface area (Å²) in [5.74, 6) is 0. The molecule has 0 aliphatic heterocycles. The van der Waals surface area contributed by atoms with Gasteiger partial charge in [-0.3, -0.25) is 4.79 Å². The van der Waals surface area contributed by atoms with Crippen LogP contribution in [0.25, 0.3) is 10.9 Å². The van der Waals surface area contributed by atoms with Crippen LogP contribution >= 0.6 is 0 Å². The molecule has 0 atom stereocenters. The normalized spacial score (nSPS) is 11.8. The molecule has 3 aromatic rings. The van der Waals surface area contributed by atoms with Gasteiger partial charge in [0, 0.05) is 29.2 Å². The van der Waals surface area contributed by atoms with Crippen molar-refractivity contribution < 1.29 is 4.79 Å². The minimum atomic E-state index is 0.170. The average molecular weight is 291 g/mol. The summed E-state index contributed by atoms with van der Waals surface area (Å²) in [7, 11) is 0. The van der Waals surface area contributed by atoms with Gasteiger partial charge in [0.05, 0.1) is 0 Å². The van der Waals surface area contributed by atoms with Gasteiger partial charge in [-0.05, 0) is 22.6 Å². The smallest absolute Gasteiger partial charge is 0.152 e. The van der Waals surface area contributed by atoms with Crippen LogP contribution in [0.4, 0.5) is 0 Å². The number of rotatable bonds is 3. The standard InChI is InChI=1S/C20H21NO/c1-20(2,3)17-10-8-15(9-11-17)12-21-13-16(14-22)18-6-4-5-7-19(18)21/h4-11,13-14H,12H2,1-3H3. The number of fused-ring (bicyclic) bond motifs is 1. The summed E-state index contributed by atoms with van der Waals surface area (Å²) >= 11 is 0. The van der Waals surface area contributed by atoms with Crippen LogP contribution in [-0.4, -0.2) is 10.9 Å². The molecule has 0 saturated carbocycles. The van der Waals surface area contributed by atoms with Gasteiger partial charge >= 0.3 is 0 Å². The van der Waals surface area contributed by atoms with E-state index in [-0.39, 0.29) is 5.41 Å². The number of benzene rings is 2. The zero-order valence-electron chi connectivity index (χ0n) is 13.3. The fourth-order valence-electron chi connectivity index (χ4n) is 2.81. The van der Waals surface area contributed by atoms with Crippen LogP contribution in [0.3, 0.4) is 0 Å². The molecule has 0 aliphatic carbocycles. The summed E-state index contributed by atoms with van der Waals surface area (Å²) in [5, 5.41) is 1.02. The Morgan fingerprint density at radius 3 is 2.32 bits per heavy atom. The number of hydrogen-bond donors (Lipinski definition) is 0. The van der Waals surface area contributed by atoms with Crippen LogP contribution in [0.15, 0.2) is 54.7 Å². The highest BCUT2D eigenvalue weighted by atomic mass is 16.1. The van der Waals surface area contributed by atoms with Crippen molar-refractivity contribution in [3.8, 4) is 0 Å². The first kappa shape index (κ1) is 14.6. The van der Waals surface area contributed by atoms with Crippen molar-refractivity contribution in [3.63, 3.8) is 0 Å². The molecule has 0 bridgehead atoms. The summed E-state index contributed by atoms with van der Waals surface area (Å²) in [6, 6.07) is 16.8. The van der Waals surface area contributed by atoms with E-state index in [9.17, 15) is 4.79 Å². The van der Waals surface area contributed by atoms with E-state index in [1.54, 1.807) is 0 Å². The molecule has 0 unspecified atom stereocenters. The third kappa shape index (κ3) is 2.69. The molecular weight excluding hydrogens is 270 g/mol. The van der Waals surface area contributed by atoms with E-state index in [1.807, 2.05) is 24.4 Å². The number of aldehydes is 1. The predicted octanol–water partition coefficient (Wildman–Crippen LogP) is 4.80. The van der Waals surface area contributed by atoms with Gasteiger partial charge < -0.3 is 4.57 Å². The lowest BCUT2D eigenvalue weighted by molar-refractivity contribution is 0.112. The molecule has 0 saturated heterocycles. The zero-order chi connectivity index (χ0) is 15.7. The maximum atomic E-state index is 11.2. The second-order valence-electron chi connectivity index (χ2n) is 6.79. The molecule has 22 heavy (non-hydrogen) atoms. The molecule has 0 aliphatic rings. The minimum Gasteiger partial charge on any atom is -0.342 e. The molecule has 2 nitrogen and oxygen atoms in total. The minimum absolute atomic E-state index is 0.170. The number of para-hydroxylation sites is 1. The maximum Gasteiger partial charge on any atom is 0.152 e. The Kier molecular flexibility index (Phi) is 3.61. The molecule has 3 rings (SSSR count). The lowest BCUT2D eigenvalue weighted by Crippen LogP contribution is -2.10. The summed E-state index contributed by atoms with van der Waals surface area (Å²) < 4.78 is 2.14. The van der Waals surface area contributed by atoms with Crippen molar-refractivity contribution >= 4 is 17.2 Å². The fourth-order valence-corrected chi connectivity index (χ4v) is 2.81. The first-order chi connectivity index (χ1) is 10.5. The Hall–Kier alpha value is -2.35. The molecule has 0 spiro atoms. The van der Waals surface area contributed by atoms with Gasteiger partial charge in [-0.2, -0.15) is 0 Å². The van der Waals surface area contributed by atoms with Crippen LogP contribution in [0.2, 0.25) is 0 Å². The number of carbonyl (C=O) groups excluding carboxylic acids is 1. The van der Waals surface area contributed by atoms with Crippen LogP contribution in [0.5, 0.6) is 0 Å². The topological polar surface area (TPSA) is 22.0 Å². The van der Waals surface area contributed by atoms with Crippen molar-refractivity contribution in [2.24, 2.45) is 0 Å². The highest BCUT2D eigenvalue weighted by Gasteiger charge is 2.13. The first-order valence-electron chi connectivity index (χ1n) is 7.61. The molecule has 0 amide bonds. The Morgan fingerprint density at radius 1 is 1.00 bits per heavy atom. The number of aromatic nitrogens is 1. The third-order valence-corrected chi connectivity index (χ3v) is 4.12. The highest BCUT2D eigenvalue weighted by molar-refractivity contribution is 5.97. The average Bonchev–Trinajstić information content (AvgIpc) is 2.85. The fraction of sp³-hybridized carbons (Fsp3) is 0.250. The van der Waals surface area contributed by atoms with Crippen LogP contribution in [0, 0.1) is 0 Å². The lowest BCUT2D eigenvalue weighted by Gasteiger charge is -2.19. The molecular formula is C20H21NO. The molecule has 1 aromatic heterocycles. The van der Waals surface area contributed by atoms with Gasteiger partial charge in [0.25, 0.3) is 0 Å². The SMILES string of the molecule is CC(C)(C)c1ccc(Cn2cc(C=O)c3ccccc32)cc1. The van der Waals surface area contributed by atoms with Gasteiger partial charge in [0.2, 0.25) is 0 Å². The predicted molar refractivity (Wildman–Crippen MR) is 91.6 cm³/mol. The van der Waals surface area contributed by atoms with Crippen LogP contribution in [0.1, 0.15) is 42.3 Å². The van der Waals surface area contributed by atoms with Crippen LogP contribution < -0.4 is 0 Å². The number of carbonyl (C=O) groups is 1. The van der Waals surface area contributed by atoms with Gasteiger partial charge in [0.15, 0.2) is 6.29 Å². The summed E-state index contributed by atoms with van der Waals surface area (Å²) in [5.41, 5.74) is 4.60. The van der Waals surface area contributed by atoms with E-state index in [0.29, 0.717) is 0 Å². The molecule has 2 aromatic carbocycles. The maximum absolute atomic E-state index is 11.2. The number of nitrogens with zero attached hydrogens (tertiary/aromatic N) is 1. The Morgan fingerprint density at radius 2 is 1.68 bits per heavy atom. The van der Waals surface area contributed by atoms with E-state index >= 15 is 0 Å². The van der Waals surface area contributed by atoms with Crippen molar-refractivity contribution in [3.05, 3.63) is 71.4 Å². The lowest BCUT2D eigenvalue weighted by atomic mass is 9.87. The first-order valence-corrected chi connectivity index (χ1v) is 7.61. The van der Waals surface area contributed by atoms with Crippen molar-refractivity contribution in [1.82, 2.24) is 4.57 Å². The Bertz CT molecular complexity index is 804. The molecule has 1 heterocycles. The second kappa shape index (κ2) is 5.45. The van der Waals surface area contributed by atoms with E-state index in [4.69, 9.17) is 0 Å². The van der Waals surface area contributed by atoms with Crippen molar-refractivity contribution in [1.29, 1.82) is 0 Å². The molecule has 112 valence electrons. The number of hydrogen-bond acceptors (Lipinski definition) is 1. The van der Waals surface area contributed by atoms with E-state index < -0.39 is 0 Å². The molecule has 2 heteroatoms. The summed E-state index contributed by atoms with van der Waals surface area (Å²) in [6.45, 7) is 7.44. The monoisotopic (exact) mass is 291 g/mol. The third-order valence-electron chi connectivity index (χ3n) is 4.12. The summed E-state index contributed by atoms with van der Waals surface area (Å²) in [6.07, 6.45) is 2.87. The zero-order valence-corrected chi connectivity index (χ0v) is 13.3. The second-order valence-corrected chi connectivity index (χ2v) is 6.79. The van der Waals surface area contributed by atoms with E-state index in [0.717, 1.165) is 29.3 Å². The largest absolute Gasteiger partial charge is 0.342 e. The van der Waals surface area contributed by atoms with Gasteiger partial charge in [-0.15, -0.1) is 0 Å². The van der Waals surface area contributed by atoms with Crippen LogP contribution in [-0.2, 0) is 12.0 Å². The van der Waals surface area contributed by atoms with Gasteiger partial charge in [-0.25, -0.2) is 0 Å². The Balaban J connectivity index is 1.95. The molecule has 0 radical (unpaired) electrons.